The van der Waals surface area contributed by atoms with Gasteiger partial charge in [0, 0.05) is 40.4 Å². The van der Waals surface area contributed by atoms with E-state index in [1.54, 1.807) is 0 Å². The summed E-state index contributed by atoms with van der Waals surface area (Å²) in [6, 6.07) is 0. The van der Waals surface area contributed by atoms with Crippen LogP contribution in [0.4, 0.5) is 0 Å². The van der Waals surface area contributed by atoms with Crippen molar-refractivity contribution in [2.75, 3.05) is 0 Å². The molecule has 0 nitrogen and oxygen atoms in total. The molecule has 0 saturated carbocycles. The number of hydrogen-bond acceptors (Lipinski definition) is 0. The molecule has 0 fully saturated rings. The molecule has 0 aliphatic carbocycles. The van der Waals surface area contributed by atoms with E-state index in [4.69, 9.17) is 0 Å². The first-order valence-electron chi connectivity index (χ1n) is 6.83. The normalized spacial score (nSPS) is 7.06. The minimum atomic E-state index is 0. The summed E-state index contributed by atoms with van der Waals surface area (Å²) >= 11 is 0. The van der Waals surface area contributed by atoms with Crippen LogP contribution in [0.2, 0.25) is 0 Å². The molecule has 110 valence electrons. The molecule has 0 aromatic heterocycles. The second-order valence-corrected chi connectivity index (χ2v) is 3.41. The molecular weight excluding hydrogens is 343 g/mol. The van der Waals surface area contributed by atoms with Crippen LogP contribution in [0.25, 0.3) is 0 Å². The van der Waals surface area contributed by atoms with Crippen molar-refractivity contribution in [3.8, 4) is 0 Å². The first kappa shape index (κ1) is 31.0. The molecule has 17 heavy (non-hydrogen) atoms. The molecule has 1 heteroatoms. The van der Waals surface area contributed by atoms with Crippen molar-refractivity contribution in [3.05, 3.63) is 27.7 Å². The fourth-order valence-electron chi connectivity index (χ4n) is 0. The molecule has 0 bridgehead atoms. The van der Waals surface area contributed by atoms with Gasteiger partial charge in [-0.1, -0.05) is 53.4 Å². The number of rotatable bonds is 4. The minimum Gasteiger partial charge on any atom is -0.343 e. The van der Waals surface area contributed by atoms with Crippen LogP contribution in [0, 0.1) is 68.1 Å². The maximum atomic E-state index is 3.60. The monoisotopic (exact) mass is 380 g/mol. The Labute approximate surface area is 146 Å². The van der Waals surface area contributed by atoms with Crippen LogP contribution in [0.1, 0.15) is 79.1 Å². The van der Waals surface area contributed by atoms with Crippen LogP contribution in [-0.4, -0.2) is 0 Å². The fraction of sp³-hybridized carbons (Fsp3) is 0.750. The average molecular weight is 379 g/mol. The zero-order chi connectivity index (χ0) is 13.7. The Kier molecular flexibility index (Phi) is 96.7. The molecular formula is C16H36Sm-4. The standard InChI is InChI=1S/4C4H9.Sm/c4*1-3-4-2;/h4*1,3-4H2,2H3;/q4*-1;. The van der Waals surface area contributed by atoms with Crippen LogP contribution in [0.15, 0.2) is 0 Å². The van der Waals surface area contributed by atoms with Gasteiger partial charge < -0.3 is 27.7 Å². The second-order valence-electron chi connectivity index (χ2n) is 3.41. The largest absolute Gasteiger partial charge is 0.343 e. The van der Waals surface area contributed by atoms with E-state index in [0.717, 1.165) is 25.7 Å². The van der Waals surface area contributed by atoms with E-state index in [1.165, 1.54) is 25.7 Å². The van der Waals surface area contributed by atoms with Gasteiger partial charge in [0.05, 0.1) is 0 Å². The predicted octanol–water partition coefficient (Wildman–Crippen LogP) is 6.48. The van der Waals surface area contributed by atoms with E-state index in [2.05, 4.69) is 55.4 Å². The maximum absolute atomic E-state index is 3.60. The Morgan fingerprint density at radius 3 is 0.529 bits per heavy atom. The molecule has 0 radical (unpaired) electrons. The molecule has 0 aromatic rings. The Morgan fingerprint density at radius 1 is 0.471 bits per heavy atom. The molecule has 0 spiro atoms. The third-order valence-corrected chi connectivity index (χ3v) is 1.41. The van der Waals surface area contributed by atoms with Crippen LogP contribution in [0.3, 0.4) is 0 Å². The molecule has 0 N–H and O–H groups in total. The molecule has 0 aliphatic rings. The molecule has 0 unspecified atom stereocenters. The van der Waals surface area contributed by atoms with Gasteiger partial charge in [-0.2, -0.15) is 25.7 Å². The van der Waals surface area contributed by atoms with Gasteiger partial charge in [-0.25, -0.2) is 0 Å². The van der Waals surface area contributed by atoms with E-state index in [0.29, 0.717) is 0 Å². The van der Waals surface area contributed by atoms with Crippen molar-refractivity contribution in [3.63, 3.8) is 0 Å². The van der Waals surface area contributed by atoms with Crippen molar-refractivity contribution < 1.29 is 40.4 Å². The molecule has 0 aliphatic heterocycles. The summed E-state index contributed by atoms with van der Waals surface area (Å²) in [5.74, 6) is 0. The summed E-state index contributed by atoms with van der Waals surface area (Å²) in [5, 5.41) is 0. The molecule has 0 atom stereocenters. The summed E-state index contributed by atoms with van der Waals surface area (Å²) in [6.07, 6.45) is 9.11. The predicted molar refractivity (Wildman–Crippen MR) is 81.1 cm³/mol. The SMILES string of the molecule is [CH2-]CCC.[CH2-]CCC.[CH2-]CCC.[CH2-]CCC.[Sm]. The molecule has 0 heterocycles. The van der Waals surface area contributed by atoms with Crippen molar-refractivity contribution in [1.82, 2.24) is 0 Å². The number of unbranched alkanes of at least 4 members (excludes halogenated alkanes) is 4. The van der Waals surface area contributed by atoms with Crippen LogP contribution < -0.4 is 0 Å². The molecule has 0 saturated heterocycles. The van der Waals surface area contributed by atoms with E-state index in [9.17, 15) is 0 Å². The summed E-state index contributed by atoms with van der Waals surface area (Å²) in [5.41, 5.74) is 0. The smallest absolute Gasteiger partial charge is 0 e. The average Bonchev–Trinajstić information content (AvgIpc) is 2.39. The van der Waals surface area contributed by atoms with Crippen LogP contribution in [-0.2, 0) is 0 Å². The van der Waals surface area contributed by atoms with Gasteiger partial charge in [-0.3, -0.25) is 0 Å². The van der Waals surface area contributed by atoms with Gasteiger partial charge in [0.2, 0.25) is 0 Å². The Bertz CT molecular complexity index is 29.5. The first-order chi connectivity index (χ1) is 7.66. The van der Waals surface area contributed by atoms with Crippen molar-refractivity contribution >= 4 is 0 Å². The fourth-order valence-corrected chi connectivity index (χ4v) is 0. The summed E-state index contributed by atoms with van der Waals surface area (Å²) in [4.78, 5) is 0. The minimum absolute atomic E-state index is 0. The molecule has 0 rings (SSSR count). The Hall–Kier alpha value is 1.34. The third-order valence-electron chi connectivity index (χ3n) is 1.41. The summed E-state index contributed by atoms with van der Waals surface area (Å²) in [6.45, 7) is 22.9. The first-order valence-corrected chi connectivity index (χ1v) is 6.83. The topological polar surface area (TPSA) is 0 Å². The number of hydrogen-bond donors (Lipinski definition) is 0. The zero-order valence-electron chi connectivity index (χ0n) is 12.9. The summed E-state index contributed by atoms with van der Waals surface area (Å²) < 4.78 is 0. The van der Waals surface area contributed by atoms with Gasteiger partial charge >= 0.3 is 0 Å². The zero-order valence-corrected chi connectivity index (χ0v) is 15.5. The van der Waals surface area contributed by atoms with E-state index in [-0.39, 0.29) is 40.4 Å². The quantitative estimate of drug-likeness (QED) is 0.491. The Morgan fingerprint density at radius 2 is 0.529 bits per heavy atom. The van der Waals surface area contributed by atoms with Crippen molar-refractivity contribution in [2.24, 2.45) is 0 Å². The van der Waals surface area contributed by atoms with Gasteiger partial charge in [0.1, 0.15) is 0 Å². The molecule has 0 aromatic carbocycles. The third kappa shape index (κ3) is 143. The second kappa shape index (κ2) is 53.1. The van der Waals surface area contributed by atoms with Crippen molar-refractivity contribution in [2.45, 2.75) is 79.1 Å². The van der Waals surface area contributed by atoms with E-state index in [1.807, 2.05) is 0 Å². The maximum Gasteiger partial charge on any atom is 0 e. The van der Waals surface area contributed by atoms with E-state index < -0.39 is 0 Å². The van der Waals surface area contributed by atoms with Crippen molar-refractivity contribution in [1.29, 1.82) is 0 Å². The molecule has 0 amide bonds. The van der Waals surface area contributed by atoms with Gasteiger partial charge in [0.25, 0.3) is 0 Å². The van der Waals surface area contributed by atoms with Crippen LogP contribution >= 0.6 is 0 Å². The Balaban J connectivity index is -0.0000000369. The van der Waals surface area contributed by atoms with E-state index >= 15 is 0 Å². The summed E-state index contributed by atoms with van der Waals surface area (Å²) in [7, 11) is 0. The van der Waals surface area contributed by atoms with Crippen LogP contribution in [0.5, 0.6) is 0 Å². The van der Waals surface area contributed by atoms with Gasteiger partial charge in [-0.15, -0.1) is 0 Å². The van der Waals surface area contributed by atoms with Gasteiger partial charge in [-0.05, 0) is 0 Å². The van der Waals surface area contributed by atoms with Gasteiger partial charge in [0.15, 0.2) is 0 Å².